The van der Waals surface area contributed by atoms with Gasteiger partial charge >= 0.3 is 0 Å². The van der Waals surface area contributed by atoms with Crippen LogP contribution in [0, 0.1) is 5.92 Å². The van der Waals surface area contributed by atoms with Gasteiger partial charge in [-0.05, 0) is 31.4 Å². The second-order valence-corrected chi connectivity index (χ2v) is 6.34. The molecule has 2 fully saturated rings. The molecule has 0 amide bonds. The van der Waals surface area contributed by atoms with Gasteiger partial charge in [0.25, 0.3) is 0 Å². The monoisotopic (exact) mass is 299 g/mol. The second kappa shape index (κ2) is 5.78. The summed E-state index contributed by atoms with van der Waals surface area (Å²) < 4.78 is 8.13. The molecule has 2 aromatic heterocycles. The average molecular weight is 299 g/mol. The van der Waals surface area contributed by atoms with Gasteiger partial charge in [0, 0.05) is 38.1 Å². The zero-order chi connectivity index (χ0) is 14.9. The van der Waals surface area contributed by atoms with Crippen molar-refractivity contribution in [3.8, 4) is 0 Å². The van der Waals surface area contributed by atoms with Gasteiger partial charge in [0.1, 0.15) is 12.4 Å². The minimum absolute atomic E-state index is 0.136. The molecule has 4 rings (SSSR count). The fourth-order valence-electron chi connectivity index (χ4n) is 3.63. The summed E-state index contributed by atoms with van der Waals surface area (Å²) in [7, 11) is 1.96. The first kappa shape index (κ1) is 13.8. The summed E-state index contributed by atoms with van der Waals surface area (Å²) in [5.74, 6) is 0.658. The molecule has 0 aromatic carbocycles. The van der Waals surface area contributed by atoms with Crippen LogP contribution in [-0.4, -0.2) is 43.8 Å². The molecule has 2 aromatic rings. The predicted molar refractivity (Wildman–Crippen MR) is 80.9 cm³/mol. The number of aromatic nitrogens is 4. The minimum Gasteiger partial charge on any atom is -0.367 e. The van der Waals surface area contributed by atoms with Crippen molar-refractivity contribution in [2.75, 3.05) is 13.1 Å². The van der Waals surface area contributed by atoms with Gasteiger partial charge in [0.15, 0.2) is 0 Å². The Hall–Kier alpha value is -1.79. The van der Waals surface area contributed by atoms with Crippen LogP contribution in [0.3, 0.4) is 0 Å². The predicted octanol–water partition coefficient (Wildman–Crippen LogP) is 1.56. The number of hydrogen-bond acceptors (Lipinski definition) is 5. The average Bonchev–Trinajstić information content (AvgIpc) is 3.14. The highest BCUT2D eigenvalue weighted by molar-refractivity contribution is 5.07. The summed E-state index contributed by atoms with van der Waals surface area (Å²) in [5, 5.41) is 4.24. The van der Waals surface area contributed by atoms with Crippen molar-refractivity contribution in [2.24, 2.45) is 13.0 Å². The van der Waals surface area contributed by atoms with Gasteiger partial charge in [-0.1, -0.05) is 0 Å². The minimum atomic E-state index is 0.136. The normalized spacial score (nSPS) is 28.7. The lowest BCUT2D eigenvalue weighted by Gasteiger charge is -2.33. The summed E-state index contributed by atoms with van der Waals surface area (Å²) in [6, 6.07) is 1.97. The number of piperidine rings is 1. The first-order valence-electron chi connectivity index (χ1n) is 7.89. The van der Waals surface area contributed by atoms with Gasteiger partial charge in [-0.3, -0.25) is 9.58 Å². The molecule has 0 aliphatic carbocycles. The van der Waals surface area contributed by atoms with E-state index in [1.54, 1.807) is 12.5 Å². The molecule has 2 aliphatic heterocycles. The van der Waals surface area contributed by atoms with Crippen LogP contribution in [0.4, 0.5) is 0 Å². The Kier molecular flexibility index (Phi) is 3.63. The largest absolute Gasteiger partial charge is 0.367 e. The Balaban J connectivity index is 1.39. The third-order valence-electron chi connectivity index (χ3n) is 4.74. The van der Waals surface area contributed by atoms with E-state index in [2.05, 4.69) is 26.2 Å². The smallest absolute Gasteiger partial charge is 0.115 e. The standard InChI is InChI=1S/C16H21N5O/c1-20-8-12(7-19-20)9-21-5-3-13-6-15(22-16(13)10-21)14-2-4-17-11-18-14/h2,4,7-8,11,13,15-16H,3,5-6,9-10H2,1H3/t13-,15-,16+/m0/s1. The summed E-state index contributed by atoms with van der Waals surface area (Å²) in [5.41, 5.74) is 2.29. The van der Waals surface area contributed by atoms with E-state index in [9.17, 15) is 0 Å². The molecule has 2 saturated heterocycles. The Bertz CT molecular complexity index is 628. The Morgan fingerprint density at radius 3 is 3.14 bits per heavy atom. The van der Waals surface area contributed by atoms with E-state index >= 15 is 0 Å². The summed E-state index contributed by atoms with van der Waals surface area (Å²) >= 11 is 0. The van der Waals surface area contributed by atoms with Gasteiger partial charge in [0.05, 0.1) is 18.0 Å². The van der Waals surface area contributed by atoms with Crippen LogP contribution in [0.5, 0.6) is 0 Å². The van der Waals surface area contributed by atoms with Crippen LogP contribution in [0.25, 0.3) is 0 Å². The van der Waals surface area contributed by atoms with Gasteiger partial charge in [-0.15, -0.1) is 0 Å². The highest BCUT2D eigenvalue weighted by Crippen LogP contribution is 2.40. The van der Waals surface area contributed by atoms with Gasteiger partial charge in [-0.2, -0.15) is 5.10 Å². The number of ether oxygens (including phenoxy) is 1. The quantitative estimate of drug-likeness (QED) is 0.861. The van der Waals surface area contributed by atoms with Crippen LogP contribution >= 0.6 is 0 Å². The van der Waals surface area contributed by atoms with Crippen LogP contribution < -0.4 is 0 Å². The van der Waals surface area contributed by atoms with Crippen LogP contribution in [0.2, 0.25) is 0 Å². The fourth-order valence-corrected chi connectivity index (χ4v) is 3.63. The molecule has 4 heterocycles. The zero-order valence-corrected chi connectivity index (χ0v) is 12.8. The molecule has 0 saturated carbocycles. The van der Waals surface area contributed by atoms with Crippen molar-refractivity contribution < 1.29 is 4.74 Å². The van der Waals surface area contributed by atoms with Crippen molar-refractivity contribution in [1.82, 2.24) is 24.6 Å². The van der Waals surface area contributed by atoms with E-state index in [0.717, 1.165) is 31.7 Å². The molecule has 2 aliphatic rings. The van der Waals surface area contributed by atoms with Crippen molar-refractivity contribution >= 4 is 0 Å². The van der Waals surface area contributed by atoms with E-state index < -0.39 is 0 Å². The van der Waals surface area contributed by atoms with Crippen LogP contribution in [0.1, 0.15) is 30.2 Å². The maximum atomic E-state index is 6.27. The maximum Gasteiger partial charge on any atom is 0.115 e. The molecule has 3 atom stereocenters. The topological polar surface area (TPSA) is 56.1 Å². The molecule has 0 spiro atoms. The fraction of sp³-hybridized carbons (Fsp3) is 0.562. The molecule has 0 bridgehead atoms. The molecular formula is C16H21N5O. The number of likely N-dealkylation sites (tertiary alicyclic amines) is 1. The summed E-state index contributed by atoms with van der Waals surface area (Å²) in [4.78, 5) is 10.8. The number of fused-ring (bicyclic) bond motifs is 1. The SMILES string of the molecule is Cn1cc(CN2CC[C@H]3C[C@@H](c4ccncn4)O[C@@H]3C2)cn1. The van der Waals surface area contributed by atoms with Crippen molar-refractivity contribution in [2.45, 2.75) is 31.6 Å². The number of rotatable bonds is 3. The second-order valence-electron chi connectivity index (χ2n) is 6.34. The first-order chi connectivity index (χ1) is 10.8. The molecule has 6 heteroatoms. The van der Waals surface area contributed by atoms with E-state index in [4.69, 9.17) is 4.74 Å². The van der Waals surface area contributed by atoms with E-state index in [0.29, 0.717) is 12.0 Å². The zero-order valence-electron chi connectivity index (χ0n) is 12.8. The highest BCUT2D eigenvalue weighted by atomic mass is 16.5. The van der Waals surface area contributed by atoms with Crippen LogP contribution in [0.15, 0.2) is 31.0 Å². The summed E-state index contributed by atoms with van der Waals surface area (Å²) in [6.07, 6.45) is 10.2. The maximum absolute atomic E-state index is 6.27. The number of hydrogen-bond donors (Lipinski definition) is 0. The summed E-state index contributed by atoms with van der Waals surface area (Å²) in [6.45, 7) is 3.09. The molecule has 116 valence electrons. The molecule has 6 nitrogen and oxygen atoms in total. The van der Waals surface area contributed by atoms with Crippen LogP contribution in [-0.2, 0) is 18.3 Å². The number of nitrogens with zero attached hydrogens (tertiary/aromatic N) is 5. The van der Waals surface area contributed by atoms with E-state index in [-0.39, 0.29) is 6.10 Å². The first-order valence-corrected chi connectivity index (χ1v) is 7.89. The lowest BCUT2D eigenvalue weighted by molar-refractivity contribution is -0.0106. The van der Waals surface area contributed by atoms with Crippen molar-refractivity contribution in [3.63, 3.8) is 0 Å². The third-order valence-corrected chi connectivity index (χ3v) is 4.74. The van der Waals surface area contributed by atoms with Gasteiger partial charge in [0.2, 0.25) is 0 Å². The Morgan fingerprint density at radius 1 is 1.41 bits per heavy atom. The van der Waals surface area contributed by atoms with E-state index in [1.165, 1.54) is 12.0 Å². The van der Waals surface area contributed by atoms with Gasteiger partial charge < -0.3 is 4.74 Å². The van der Waals surface area contributed by atoms with Crippen molar-refractivity contribution in [3.05, 3.63) is 42.2 Å². The lowest BCUT2D eigenvalue weighted by Crippen LogP contribution is -2.41. The molecular weight excluding hydrogens is 278 g/mol. The van der Waals surface area contributed by atoms with E-state index in [1.807, 2.05) is 24.0 Å². The molecule has 0 radical (unpaired) electrons. The molecule has 22 heavy (non-hydrogen) atoms. The molecule has 0 N–H and O–H groups in total. The molecule has 0 unspecified atom stereocenters. The Labute approximate surface area is 130 Å². The Morgan fingerprint density at radius 2 is 2.36 bits per heavy atom. The number of aryl methyl sites for hydroxylation is 1. The lowest BCUT2D eigenvalue weighted by atomic mass is 9.91. The van der Waals surface area contributed by atoms with Crippen molar-refractivity contribution in [1.29, 1.82) is 0 Å². The van der Waals surface area contributed by atoms with Gasteiger partial charge in [-0.25, -0.2) is 9.97 Å². The third kappa shape index (κ3) is 2.76. The highest BCUT2D eigenvalue weighted by Gasteiger charge is 2.40.